The lowest BCUT2D eigenvalue weighted by Gasteiger charge is -2.25. The lowest BCUT2D eigenvalue weighted by Crippen LogP contribution is -2.21. The summed E-state index contributed by atoms with van der Waals surface area (Å²) in [4.78, 5) is 0. The molecule has 1 aliphatic heterocycles. The van der Waals surface area contributed by atoms with Crippen LogP contribution in [0.15, 0.2) is 18.2 Å². The molecule has 0 spiro atoms. The van der Waals surface area contributed by atoms with Gasteiger partial charge >= 0.3 is 0 Å². The van der Waals surface area contributed by atoms with E-state index in [0.29, 0.717) is 5.92 Å². The van der Waals surface area contributed by atoms with Gasteiger partial charge < -0.3 is 10.5 Å². The topological polar surface area (TPSA) is 35.2 Å². The second kappa shape index (κ2) is 5.96. The minimum Gasteiger partial charge on any atom is -0.493 e. The minimum absolute atomic E-state index is 0.213. The van der Waals surface area contributed by atoms with Crippen LogP contribution in [0.5, 0.6) is 5.75 Å². The number of ether oxygens (including phenoxy) is 1. The van der Waals surface area contributed by atoms with Crippen molar-refractivity contribution in [2.75, 3.05) is 6.61 Å². The van der Waals surface area contributed by atoms with Crippen LogP contribution in [-0.4, -0.2) is 6.61 Å². The molecule has 3 rings (SSSR count). The molecule has 1 heterocycles. The van der Waals surface area contributed by atoms with Crippen LogP contribution in [0.1, 0.15) is 62.1 Å². The Bertz CT molecular complexity index is 421. The number of benzene rings is 1. The molecule has 0 bridgehead atoms. The number of hydrogen-bond donors (Lipinski definition) is 1. The molecule has 1 atom stereocenters. The zero-order valence-electron chi connectivity index (χ0n) is 11.7. The molecule has 0 amide bonds. The first-order valence-electron chi connectivity index (χ1n) is 7.86. The van der Waals surface area contributed by atoms with Crippen molar-refractivity contribution in [1.29, 1.82) is 0 Å². The normalized spacial score (nSPS) is 22.2. The lowest BCUT2D eigenvalue weighted by atomic mass is 9.86. The molecule has 1 aliphatic carbocycles. The molecule has 0 saturated heterocycles. The fourth-order valence-corrected chi connectivity index (χ4v) is 3.53. The third kappa shape index (κ3) is 2.94. The second-order valence-electron chi connectivity index (χ2n) is 6.10. The summed E-state index contributed by atoms with van der Waals surface area (Å²) in [5, 5.41) is 0. The van der Waals surface area contributed by atoms with Gasteiger partial charge in [-0.25, -0.2) is 0 Å². The highest BCUT2D eigenvalue weighted by molar-refractivity contribution is 5.39. The smallest absolute Gasteiger partial charge is 0.122 e. The van der Waals surface area contributed by atoms with Crippen LogP contribution in [0.3, 0.4) is 0 Å². The van der Waals surface area contributed by atoms with Gasteiger partial charge in [-0.3, -0.25) is 0 Å². The quantitative estimate of drug-likeness (QED) is 0.815. The summed E-state index contributed by atoms with van der Waals surface area (Å²) >= 11 is 0. The average Bonchev–Trinajstić information content (AvgIpc) is 2.75. The highest BCUT2D eigenvalue weighted by Gasteiger charge is 2.22. The third-order valence-electron chi connectivity index (χ3n) is 4.73. The molecule has 2 nitrogen and oxygen atoms in total. The molecule has 2 aliphatic rings. The molecule has 1 aromatic carbocycles. The highest BCUT2D eigenvalue weighted by atomic mass is 16.5. The first-order valence-corrected chi connectivity index (χ1v) is 7.86. The molecule has 1 aromatic rings. The molecule has 1 unspecified atom stereocenters. The van der Waals surface area contributed by atoms with E-state index in [2.05, 4.69) is 18.2 Å². The zero-order valence-corrected chi connectivity index (χ0v) is 11.7. The first kappa shape index (κ1) is 13.0. The molecule has 19 heavy (non-hydrogen) atoms. The van der Waals surface area contributed by atoms with E-state index in [-0.39, 0.29) is 6.04 Å². The Morgan fingerprint density at radius 1 is 1.05 bits per heavy atom. The van der Waals surface area contributed by atoms with Crippen molar-refractivity contribution >= 4 is 0 Å². The van der Waals surface area contributed by atoms with Crippen molar-refractivity contribution in [3.63, 3.8) is 0 Å². The lowest BCUT2D eigenvalue weighted by molar-refractivity contribution is 0.287. The molecular formula is C17H25NO. The molecule has 2 heteroatoms. The Morgan fingerprint density at radius 3 is 2.63 bits per heavy atom. The van der Waals surface area contributed by atoms with Crippen LogP contribution < -0.4 is 10.5 Å². The summed E-state index contributed by atoms with van der Waals surface area (Å²) in [6.07, 6.45) is 10.4. The van der Waals surface area contributed by atoms with Gasteiger partial charge in [0.1, 0.15) is 5.75 Å². The highest BCUT2D eigenvalue weighted by Crippen LogP contribution is 2.34. The number of aryl methyl sites for hydroxylation is 1. The molecular weight excluding hydrogens is 234 g/mol. The van der Waals surface area contributed by atoms with Gasteiger partial charge in [-0.15, -0.1) is 0 Å². The van der Waals surface area contributed by atoms with E-state index in [1.165, 1.54) is 49.7 Å². The van der Waals surface area contributed by atoms with Crippen molar-refractivity contribution in [2.24, 2.45) is 11.7 Å². The standard InChI is InChI=1S/C17H25NO/c18-17(13-6-3-1-2-4-7-13)15-9-10-16-14(12-15)8-5-11-19-16/h9-10,12-13,17H,1-8,11,18H2. The Labute approximate surface area is 116 Å². The van der Waals surface area contributed by atoms with Gasteiger partial charge in [0, 0.05) is 6.04 Å². The van der Waals surface area contributed by atoms with E-state index in [4.69, 9.17) is 10.5 Å². The van der Waals surface area contributed by atoms with E-state index in [0.717, 1.165) is 25.2 Å². The average molecular weight is 259 g/mol. The first-order chi connectivity index (χ1) is 9.34. The van der Waals surface area contributed by atoms with E-state index in [9.17, 15) is 0 Å². The third-order valence-corrected chi connectivity index (χ3v) is 4.73. The van der Waals surface area contributed by atoms with Gasteiger partial charge in [0.05, 0.1) is 6.61 Å². The van der Waals surface area contributed by atoms with E-state index in [1.807, 2.05) is 0 Å². The van der Waals surface area contributed by atoms with Crippen LogP contribution in [0.4, 0.5) is 0 Å². The Kier molecular flexibility index (Phi) is 4.07. The number of rotatable bonds is 2. The maximum Gasteiger partial charge on any atom is 0.122 e. The second-order valence-corrected chi connectivity index (χ2v) is 6.10. The molecule has 2 N–H and O–H groups in total. The molecule has 1 fully saturated rings. The number of fused-ring (bicyclic) bond motifs is 1. The van der Waals surface area contributed by atoms with Crippen LogP contribution >= 0.6 is 0 Å². The van der Waals surface area contributed by atoms with Gasteiger partial charge in [-0.1, -0.05) is 37.8 Å². The summed E-state index contributed by atoms with van der Waals surface area (Å²) < 4.78 is 5.68. The van der Waals surface area contributed by atoms with Crippen molar-refractivity contribution < 1.29 is 4.74 Å². The SMILES string of the molecule is NC(c1ccc2c(c1)CCCO2)C1CCCCCC1. The number of hydrogen-bond acceptors (Lipinski definition) is 2. The molecule has 104 valence electrons. The monoisotopic (exact) mass is 259 g/mol. The largest absolute Gasteiger partial charge is 0.493 e. The fourth-order valence-electron chi connectivity index (χ4n) is 3.53. The van der Waals surface area contributed by atoms with Gasteiger partial charge in [-0.2, -0.15) is 0 Å². The van der Waals surface area contributed by atoms with Crippen molar-refractivity contribution in [3.05, 3.63) is 29.3 Å². The van der Waals surface area contributed by atoms with Gasteiger partial charge in [0.2, 0.25) is 0 Å². The fraction of sp³-hybridized carbons (Fsp3) is 0.647. The van der Waals surface area contributed by atoms with Crippen molar-refractivity contribution in [2.45, 2.75) is 57.4 Å². The van der Waals surface area contributed by atoms with Gasteiger partial charge in [0.15, 0.2) is 0 Å². The van der Waals surface area contributed by atoms with Crippen molar-refractivity contribution in [3.8, 4) is 5.75 Å². The summed E-state index contributed by atoms with van der Waals surface area (Å²) in [5.74, 6) is 1.74. The summed E-state index contributed by atoms with van der Waals surface area (Å²) in [6, 6.07) is 6.81. The van der Waals surface area contributed by atoms with Gasteiger partial charge in [0.25, 0.3) is 0 Å². The zero-order chi connectivity index (χ0) is 13.1. The molecule has 1 saturated carbocycles. The van der Waals surface area contributed by atoms with E-state index in [1.54, 1.807) is 0 Å². The predicted octanol–water partition coefficient (Wildman–Crippen LogP) is 3.98. The Balaban J connectivity index is 1.76. The van der Waals surface area contributed by atoms with Crippen LogP contribution in [0.2, 0.25) is 0 Å². The van der Waals surface area contributed by atoms with E-state index >= 15 is 0 Å². The predicted molar refractivity (Wildman–Crippen MR) is 78.4 cm³/mol. The maximum atomic E-state index is 6.53. The Hall–Kier alpha value is -1.02. The van der Waals surface area contributed by atoms with Crippen LogP contribution in [-0.2, 0) is 6.42 Å². The minimum atomic E-state index is 0.213. The summed E-state index contributed by atoms with van der Waals surface area (Å²) in [5.41, 5.74) is 9.20. The number of nitrogens with two attached hydrogens (primary N) is 1. The van der Waals surface area contributed by atoms with Crippen molar-refractivity contribution in [1.82, 2.24) is 0 Å². The molecule has 0 radical (unpaired) electrons. The maximum absolute atomic E-state index is 6.53. The van der Waals surface area contributed by atoms with E-state index < -0.39 is 0 Å². The summed E-state index contributed by atoms with van der Waals surface area (Å²) in [6.45, 7) is 0.862. The van der Waals surface area contributed by atoms with Crippen LogP contribution in [0.25, 0.3) is 0 Å². The van der Waals surface area contributed by atoms with Crippen LogP contribution in [0, 0.1) is 5.92 Å². The molecule has 0 aromatic heterocycles. The van der Waals surface area contributed by atoms with Gasteiger partial charge in [-0.05, 0) is 48.8 Å². The Morgan fingerprint density at radius 2 is 1.84 bits per heavy atom. The summed E-state index contributed by atoms with van der Waals surface area (Å²) in [7, 11) is 0.